The highest BCUT2D eigenvalue weighted by molar-refractivity contribution is 9.10. The van der Waals surface area contributed by atoms with Gasteiger partial charge in [0.1, 0.15) is 0 Å². The van der Waals surface area contributed by atoms with Crippen LogP contribution in [0, 0.1) is 12.8 Å². The van der Waals surface area contributed by atoms with Crippen LogP contribution in [0.5, 0.6) is 0 Å². The van der Waals surface area contributed by atoms with E-state index in [1.165, 1.54) is 6.42 Å². The summed E-state index contributed by atoms with van der Waals surface area (Å²) in [4.78, 5) is 14.1. The van der Waals surface area contributed by atoms with E-state index in [0.29, 0.717) is 11.6 Å². The lowest BCUT2D eigenvalue weighted by molar-refractivity contribution is 0.182. The normalized spacial score (nSPS) is 19.3. The van der Waals surface area contributed by atoms with Crippen LogP contribution in [-0.4, -0.2) is 24.0 Å². The molecule has 0 radical (unpaired) electrons. The number of aryl methyl sites for hydroxylation is 1. The lowest BCUT2D eigenvalue weighted by atomic mass is 10.0. The van der Waals surface area contributed by atoms with Crippen molar-refractivity contribution in [2.24, 2.45) is 5.92 Å². The first-order valence-corrected chi connectivity index (χ1v) is 7.38. The molecule has 1 aliphatic rings. The van der Waals surface area contributed by atoms with E-state index in [4.69, 9.17) is 5.73 Å². The fourth-order valence-corrected chi connectivity index (χ4v) is 2.91. The number of amides is 2. The number of carbonyl (C=O) groups excluding carboxylic acids is 1. The Labute approximate surface area is 122 Å². The van der Waals surface area contributed by atoms with Crippen molar-refractivity contribution in [2.45, 2.75) is 26.7 Å². The second-order valence-electron chi connectivity index (χ2n) is 5.31. The Bertz CT molecular complexity index is 490. The highest BCUT2D eigenvalue weighted by Crippen LogP contribution is 2.28. The van der Waals surface area contributed by atoms with Crippen LogP contribution in [-0.2, 0) is 0 Å². The summed E-state index contributed by atoms with van der Waals surface area (Å²) in [5, 5.41) is 2.93. The Hall–Kier alpha value is -1.23. The fourth-order valence-electron chi connectivity index (χ4n) is 2.35. The number of carbonyl (C=O) groups is 1. The van der Waals surface area contributed by atoms with E-state index in [9.17, 15) is 4.79 Å². The van der Waals surface area contributed by atoms with E-state index in [0.717, 1.165) is 35.2 Å². The third-order valence-corrected chi connectivity index (χ3v) is 4.20. The highest BCUT2D eigenvalue weighted by Gasteiger charge is 2.21. The molecule has 1 aliphatic heterocycles. The van der Waals surface area contributed by atoms with Crippen LogP contribution in [0.2, 0.25) is 0 Å². The number of benzene rings is 1. The van der Waals surface area contributed by atoms with Crippen LogP contribution in [0.1, 0.15) is 25.3 Å². The molecular formula is C14H20BrN3O. The fraction of sp³-hybridized carbons (Fsp3) is 0.500. The third kappa shape index (κ3) is 3.41. The minimum Gasteiger partial charge on any atom is -0.398 e. The van der Waals surface area contributed by atoms with Crippen LogP contribution in [0.3, 0.4) is 0 Å². The zero-order valence-corrected chi connectivity index (χ0v) is 13.0. The van der Waals surface area contributed by atoms with Gasteiger partial charge in [-0.15, -0.1) is 0 Å². The van der Waals surface area contributed by atoms with Gasteiger partial charge in [0, 0.05) is 23.2 Å². The van der Waals surface area contributed by atoms with Gasteiger partial charge in [0.2, 0.25) is 0 Å². The number of urea groups is 1. The Balaban J connectivity index is 2.08. The van der Waals surface area contributed by atoms with Crippen molar-refractivity contribution in [3.05, 3.63) is 22.2 Å². The van der Waals surface area contributed by atoms with E-state index < -0.39 is 0 Å². The number of halogens is 1. The van der Waals surface area contributed by atoms with Gasteiger partial charge in [0.15, 0.2) is 0 Å². The summed E-state index contributed by atoms with van der Waals surface area (Å²) >= 11 is 3.46. The molecule has 0 saturated carbocycles. The summed E-state index contributed by atoms with van der Waals surface area (Å²) < 4.78 is 0.859. The molecule has 2 rings (SSSR count). The number of piperidine rings is 1. The summed E-state index contributed by atoms with van der Waals surface area (Å²) in [6, 6.07) is 3.67. The van der Waals surface area contributed by atoms with E-state index in [1.807, 2.05) is 17.9 Å². The van der Waals surface area contributed by atoms with Gasteiger partial charge in [-0.1, -0.05) is 6.92 Å². The number of hydrogen-bond donors (Lipinski definition) is 2. The van der Waals surface area contributed by atoms with Crippen molar-refractivity contribution >= 4 is 33.3 Å². The monoisotopic (exact) mass is 325 g/mol. The number of nitrogens with zero attached hydrogens (tertiary/aromatic N) is 1. The Kier molecular flexibility index (Phi) is 4.34. The number of nitrogens with two attached hydrogens (primary N) is 1. The molecule has 5 heteroatoms. The maximum absolute atomic E-state index is 12.2. The molecule has 1 fully saturated rings. The molecule has 0 aromatic heterocycles. The largest absolute Gasteiger partial charge is 0.398 e. The Morgan fingerprint density at radius 1 is 1.53 bits per heavy atom. The van der Waals surface area contributed by atoms with Crippen molar-refractivity contribution in [3.63, 3.8) is 0 Å². The first-order chi connectivity index (χ1) is 8.97. The molecule has 1 aromatic rings. The minimum atomic E-state index is -0.0458. The molecule has 1 atom stereocenters. The second-order valence-corrected chi connectivity index (χ2v) is 6.17. The maximum Gasteiger partial charge on any atom is 0.321 e. The highest BCUT2D eigenvalue weighted by atomic mass is 79.9. The number of hydrogen-bond acceptors (Lipinski definition) is 2. The number of anilines is 2. The van der Waals surface area contributed by atoms with Crippen LogP contribution in [0.15, 0.2) is 16.6 Å². The van der Waals surface area contributed by atoms with Crippen LogP contribution in [0.25, 0.3) is 0 Å². The first-order valence-electron chi connectivity index (χ1n) is 6.59. The van der Waals surface area contributed by atoms with Gasteiger partial charge in [-0.3, -0.25) is 0 Å². The second kappa shape index (κ2) is 5.82. The molecule has 4 nitrogen and oxygen atoms in total. The molecule has 104 valence electrons. The molecular weight excluding hydrogens is 306 g/mol. The predicted molar refractivity (Wildman–Crippen MR) is 82.3 cm³/mol. The minimum absolute atomic E-state index is 0.0458. The number of nitrogen functional groups attached to an aromatic ring is 1. The van der Waals surface area contributed by atoms with E-state index in [-0.39, 0.29) is 6.03 Å². The van der Waals surface area contributed by atoms with Gasteiger partial charge in [-0.05, 0) is 59.3 Å². The SMILES string of the molecule is Cc1cc(Br)c(NC(=O)N2CCCC(C)C2)cc1N. The lowest BCUT2D eigenvalue weighted by Crippen LogP contribution is -2.41. The molecule has 3 N–H and O–H groups in total. The molecule has 19 heavy (non-hydrogen) atoms. The van der Waals surface area contributed by atoms with Crippen molar-refractivity contribution in [3.8, 4) is 0 Å². The molecule has 0 bridgehead atoms. The molecule has 1 saturated heterocycles. The van der Waals surface area contributed by atoms with E-state index in [1.54, 1.807) is 6.07 Å². The molecule has 0 spiro atoms. The molecule has 1 unspecified atom stereocenters. The van der Waals surface area contributed by atoms with Crippen molar-refractivity contribution in [1.29, 1.82) is 0 Å². The summed E-state index contributed by atoms with van der Waals surface area (Å²) in [5.74, 6) is 0.575. The topological polar surface area (TPSA) is 58.4 Å². The maximum atomic E-state index is 12.2. The third-order valence-electron chi connectivity index (χ3n) is 3.54. The van der Waals surface area contributed by atoms with Gasteiger partial charge in [-0.25, -0.2) is 4.79 Å². The van der Waals surface area contributed by atoms with E-state index >= 15 is 0 Å². The summed E-state index contributed by atoms with van der Waals surface area (Å²) in [6.45, 7) is 5.77. The summed E-state index contributed by atoms with van der Waals surface area (Å²) in [6.07, 6.45) is 2.27. The van der Waals surface area contributed by atoms with Crippen molar-refractivity contribution in [2.75, 3.05) is 24.1 Å². The molecule has 1 heterocycles. The van der Waals surface area contributed by atoms with Crippen LogP contribution >= 0.6 is 15.9 Å². The van der Waals surface area contributed by atoms with Gasteiger partial charge in [0.25, 0.3) is 0 Å². The van der Waals surface area contributed by atoms with Crippen molar-refractivity contribution in [1.82, 2.24) is 4.90 Å². The quantitative estimate of drug-likeness (QED) is 0.775. The predicted octanol–water partition coefficient (Wildman–Crippen LogP) is 3.60. The smallest absolute Gasteiger partial charge is 0.321 e. The summed E-state index contributed by atoms with van der Waals surface area (Å²) in [5.41, 5.74) is 8.29. The van der Waals surface area contributed by atoms with Crippen LogP contribution < -0.4 is 11.1 Å². The number of nitrogens with one attached hydrogen (secondary N) is 1. The zero-order valence-electron chi connectivity index (χ0n) is 11.4. The standard InChI is InChI=1S/C14H20BrN3O/c1-9-4-3-5-18(8-9)14(19)17-13-7-12(16)10(2)6-11(13)15/h6-7,9H,3-5,8,16H2,1-2H3,(H,17,19). The lowest BCUT2D eigenvalue weighted by Gasteiger charge is -2.31. The Morgan fingerprint density at radius 2 is 2.26 bits per heavy atom. The molecule has 2 amide bonds. The summed E-state index contributed by atoms with van der Waals surface area (Å²) in [7, 11) is 0. The average molecular weight is 326 g/mol. The molecule has 0 aliphatic carbocycles. The van der Waals surface area contributed by atoms with Gasteiger partial charge >= 0.3 is 6.03 Å². The zero-order chi connectivity index (χ0) is 14.0. The number of likely N-dealkylation sites (tertiary alicyclic amines) is 1. The average Bonchev–Trinajstić information content (AvgIpc) is 2.36. The molecule has 1 aromatic carbocycles. The Morgan fingerprint density at radius 3 is 2.95 bits per heavy atom. The van der Waals surface area contributed by atoms with Gasteiger partial charge in [-0.2, -0.15) is 0 Å². The first kappa shape index (κ1) is 14.2. The van der Waals surface area contributed by atoms with Crippen LogP contribution in [0.4, 0.5) is 16.2 Å². The van der Waals surface area contributed by atoms with Gasteiger partial charge < -0.3 is 16.0 Å². The van der Waals surface area contributed by atoms with Crippen molar-refractivity contribution < 1.29 is 4.79 Å². The van der Waals surface area contributed by atoms with Gasteiger partial charge in [0.05, 0.1) is 5.69 Å². The van der Waals surface area contributed by atoms with E-state index in [2.05, 4.69) is 28.2 Å². The number of rotatable bonds is 1.